The third-order valence-corrected chi connectivity index (χ3v) is 5.34. The molecule has 122 valence electrons. The number of tetrazole rings is 1. The molecule has 0 aliphatic heterocycles. The number of hydrogen-bond donors (Lipinski definition) is 0. The van der Waals surface area contributed by atoms with E-state index in [0.29, 0.717) is 0 Å². The molecule has 2 aliphatic rings. The van der Waals surface area contributed by atoms with Crippen molar-refractivity contribution in [3.8, 4) is 5.13 Å². The molecular weight excluding hydrogens is 318 g/mol. The Bertz CT molecular complexity index is 826. The molecule has 0 aromatic carbocycles. The average Bonchev–Trinajstić information content (AvgIpc) is 3.21. The van der Waals surface area contributed by atoms with Crippen molar-refractivity contribution in [1.29, 1.82) is 0 Å². The van der Waals surface area contributed by atoms with Crippen LogP contribution in [-0.4, -0.2) is 20.1 Å². The fourth-order valence-electron chi connectivity index (χ4n) is 2.84. The zero-order chi connectivity index (χ0) is 16.5. The molecule has 2 aromatic heterocycles. The van der Waals surface area contributed by atoms with Crippen LogP contribution in [0.25, 0.3) is 16.4 Å². The van der Waals surface area contributed by atoms with E-state index >= 15 is 0 Å². The molecule has 0 unspecified atom stereocenters. The molecule has 0 bridgehead atoms. The van der Waals surface area contributed by atoms with Crippen molar-refractivity contribution >= 4 is 22.6 Å². The van der Waals surface area contributed by atoms with E-state index in [1.807, 2.05) is 11.6 Å². The normalized spacial score (nSPS) is 17.1. The molecule has 2 aliphatic carbocycles. The highest BCUT2D eigenvalue weighted by Crippen LogP contribution is 2.23. The molecule has 0 spiro atoms. The lowest BCUT2D eigenvalue weighted by Crippen LogP contribution is -2.39. The highest BCUT2D eigenvalue weighted by atomic mass is 32.1. The average molecular weight is 338 g/mol. The summed E-state index contributed by atoms with van der Waals surface area (Å²) >= 11 is 1.63. The van der Waals surface area contributed by atoms with Gasteiger partial charge in [0.15, 0.2) is 0 Å². The number of rotatable bonds is 3. The Balaban J connectivity index is 1.81. The minimum atomic E-state index is 0.823. The minimum Gasteiger partial charge on any atom is -0.206 e. The first-order chi connectivity index (χ1) is 11.7. The van der Waals surface area contributed by atoms with Crippen molar-refractivity contribution in [1.82, 2.24) is 20.1 Å². The predicted molar refractivity (Wildman–Crippen MR) is 95.7 cm³/mol. The van der Waals surface area contributed by atoms with Crippen molar-refractivity contribution in [3.05, 3.63) is 52.9 Å². The van der Waals surface area contributed by atoms with Gasteiger partial charge in [0.05, 0.1) is 16.0 Å². The molecule has 0 radical (unpaired) electrons. The molecule has 0 N–H and O–H groups in total. The van der Waals surface area contributed by atoms with E-state index in [1.165, 1.54) is 16.1 Å². The molecular formula is C18H20N5S+. The lowest BCUT2D eigenvalue weighted by Gasteiger charge is -2.07. The molecule has 5 nitrogen and oxygen atoms in total. The highest BCUT2D eigenvalue weighted by Gasteiger charge is 2.28. The highest BCUT2D eigenvalue weighted by molar-refractivity contribution is 7.14. The molecule has 0 amide bonds. The zero-order valence-electron chi connectivity index (χ0n) is 13.9. The summed E-state index contributed by atoms with van der Waals surface area (Å²) in [6.45, 7) is 4.11. The second kappa shape index (κ2) is 6.28. The standard InChI is InChI=1S/C18H20N5S/c1-13-14(2)24-18(19-13)23-20-17(15-9-5-3-6-10-15)22(21-23)16-11-7-4-8-12-16/h3-5,7,10,12H,6,8-9,11H2,1-2H3/q+1. The summed E-state index contributed by atoms with van der Waals surface area (Å²) in [6, 6.07) is 0. The first-order valence-corrected chi connectivity index (χ1v) is 9.07. The predicted octanol–water partition coefficient (Wildman–Crippen LogP) is 3.55. The molecule has 0 fully saturated rings. The van der Waals surface area contributed by atoms with E-state index in [4.69, 9.17) is 10.3 Å². The van der Waals surface area contributed by atoms with Crippen LogP contribution in [-0.2, 0) is 0 Å². The third kappa shape index (κ3) is 2.78. The maximum absolute atomic E-state index is 4.78. The second-order valence-corrected chi connectivity index (χ2v) is 7.18. The van der Waals surface area contributed by atoms with Gasteiger partial charge in [-0.25, -0.2) is 4.98 Å². The van der Waals surface area contributed by atoms with Gasteiger partial charge >= 0.3 is 11.0 Å². The maximum atomic E-state index is 4.78. The SMILES string of the molecule is Cc1nc(-n2nc(C3=CCC=CC3)[n+](C3=CCC=CC3)n2)sc1C. The van der Waals surface area contributed by atoms with Crippen molar-refractivity contribution in [2.75, 3.05) is 0 Å². The molecule has 4 rings (SSSR count). The van der Waals surface area contributed by atoms with Crippen LogP contribution < -0.4 is 4.68 Å². The first kappa shape index (κ1) is 15.2. The Morgan fingerprint density at radius 2 is 1.83 bits per heavy atom. The van der Waals surface area contributed by atoms with Gasteiger partial charge in [-0.3, -0.25) is 0 Å². The van der Waals surface area contributed by atoms with Gasteiger partial charge in [-0.1, -0.05) is 41.7 Å². The molecule has 0 atom stereocenters. The number of allylic oxidation sites excluding steroid dienone is 8. The van der Waals surface area contributed by atoms with Gasteiger partial charge in [-0.05, 0) is 39.2 Å². The smallest absolute Gasteiger partial charge is 0.206 e. The minimum absolute atomic E-state index is 0.823. The monoisotopic (exact) mass is 338 g/mol. The van der Waals surface area contributed by atoms with Gasteiger partial charge in [0.2, 0.25) is 0 Å². The number of hydrogen-bond acceptors (Lipinski definition) is 4. The Labute approximate surface area is 145 Å². The number of nitrogens with zero attached hydrogens (tertiary/aromatic N) is 5. The summed E-state index contributed by atoms with van der Waals surface area (Å²) in [4.78, 5) is 7.48. The summed E-state index contributed by atoms with van der Waals surface area (Å²) < 4.78 is 1.99. The van der Waals surface area contributed by atoms with Gasteiger partial charge in [-0.2, -0.15) is 0 Å². The van der Waals surface area contributed by atoms with Crippen molar-refractivity contribution in [2.24, 2.45) is 0 Å². The van der Waals surface area contributed by atoms with Crippen molar-refractivity contribution < 1.29 is 4.68 Å². The maximum Gasteiger partial charge on any atom is 0.331 e. The van der Waals surface area contributed by atoms with Crippen LogP contribution in [0.2, 0.25) is 0 Å². The summed E-state index contributed by atoms with van der Waals surface area (Å²) in [5.41, 5.74) is 3.45. The van der Waals surface area contributed by atoms with Gasteiger partial charge < -0.3 is 0 Å². The Kier molecular flexibility index (Phi) is 3.98. The quantitative estimate of drug-likeness (QED) is 0.635. The summed E-state index contributed by atoms with van der Waals surface area (Å²) in [7, 11) is 0. The first-order valence-electron chi connectivity index (χ1n) is 8.25. The number of aryl methyl sites for hydroxylation is 2. The van der Waals surface area contributed by atoms with Gasteiger partial charge in [0, 0.05) is 21.7 Å². The molecule has 0 saturated heterocycles. The third-order valence-electron chi connectivity index (χ3n) is 4.30. The van der Waals surface area contributed by atoms with E-state index < -0.39 is 0 Å². The van der Waals surface area contributed by atoms with Crippen LogP contribution in [0.4, 0.5) is 0 Å². The van der Waals surface area contributed by atoms with Crippen LogP contribution in [0.5, 0.6) is 0 Å². The lowest BCUT2D eigenvalue weighted by atomic mass is 10.0. The van der Waals surface area contributed by atoms with Gasteiger partial charge in [0.1, 0.15) is 5.70 Å². The van der Waals surface area contributed by atoms with Crippen LogP contribution in [0.3, 0.4) is 0 Å². The summed E-state index contributed by atoms with van der Waals surface area (Å²) in [5, 5.41) is 10.3. The number of aromatic nitrogens is 5. The fraction of sp³-hybridized carbons (Fsp3) is 0.333. The van der Waals surface area contributed by atoms with E-state index in [-0.39, 0.29) is 0 Å². The van der Waals surface area contributed by atoms with E-state index in [9.17, 15) is 0 Å². The largest absolute Gasteiger partial charge is 0.331 e. The summed E-state index contributed by atoms with van der Waals surface area (Å²) in [5.74, 6) is 0.923. The van der Waals surface area contributed by atoms with E-state index in [0.717, 1.165) is 42.3 Å². The van der Waals surface area contributed by atoms with Crippen LogP contribution >= 0.6 is 11.3 Å². The number of thiazole rings is 1. The molecule has 6 heteroatoms. The molecule has 24 heavy (non-hydrogen) atoms. The van der Waals surface area contributed by atoms with Gasteiger partial charge in [0.25, 0.3) is 0 Å². The zero-order valence-corrected chi connectivity index (χ0v) is 14.8. The molecule has 2 aromatic rings. The topological polar surface area (TPSA) is 47.5 Å². The molecule has 2 heterocycles. The lowest BCUT2D eigenvalue weighted by molar-refractivity contribution is -0.652. The van der Waals surface area contributed by atoms with Gasteiger partial charge in [-0.15, -0.1) is 4.68 Å². The van der Waals surface area contributed by atoms with Crippen LogP contribution in [0.1, 0.15) is 42.1 Å². The van der Waals surface area contributed by atoms with Crippen LogP contribution in [0.15, 0.2) is 36.5 Å². The molecule has 0 saturated carbocycles. The fourth-order valence-corrected chi connectivity index (χ4v) is 3.65. The summed E-state index contributed by atoms with van der Waals surface area (Å²) in [6.07, 6.45) is 16.9. The second-order valence-electron chi connectivity index (χ2n) is 6.00. The Morgan fingerprint density at radius 1 is 1.04 bits per heavy atom. The Hall–Kier alpha value is -2.34. The van der Waals surface area contributed by atoms with E-state index in [2.05, 4.69) is 48.4 Å². The van der Waals surface area contributed by atoms with Crippen molar-refractivity contribution in [3.63, 3.8) is 0 Å². The van der Waals surface area contributed by atoms with E-state index in [1.54, 1.807) is 16.1 Å². The van der Waals surface area contributed by atoms with Crippen molar-refractivity contribution in [2.45, 2.75) is 39.5 Å². The van der Waals surface area contributed by atoms with Crippen LogP contribution in [0, 0.1) is 13.8 Å². The Morgan fingerprint density at radius 3 is 2.46 bits per heavy atom.